The molecule has 0 bridgehead atoms. The quantitative estimate of drug-likeness (QED) is 0.430. The Balaban J connectivity index is 1.24. The summed E-state index contributed by atoms with van der Waals surface area (Å²) in [6.45, 7) is 5.26. The van der Waals surface area contributed by atoms with Gasteiger partial charge in [0.15, 0.2) is 0 Å². The molecule has 9 heteroatoms. The smallest absolute Gasteiger partial charge is 0.275 e. The van der Waals surface area contributed by atoms with Crippen LogP contribution < -0.4 is 10.6 Å². The minimum atomic E-state index is -0.281. The molecule has 0 aliphatic carbocycles. The topological polar surface area (TPSA) is 102 Å². The van der Waals surface area contributed by atoms with E-state index in [0.29, 0.717) is 22.8 Å². The molecular formula is C23H25N7O2. The lowest BCUT2D eigenvalue weighted by Crippen LogP contribution is -2.43. The van der Waals surface area contributed by atoms with Gasteiger partial charge in [0.1, 0.15) is 17.1 Å². The lowest BCUT2D eigenvalue weighted by atomic mass is 10.1. The molecule has 0 radical (unpaired) electrons. The van der Waals surface area contributed by atoms with Crippen LogP contribution >= 0.6 is 0 Å². The van der Waals surface area contributed by atoms with Gasteiger partial charge in [-0.1, -0.05) is 12.1 Å². The molecule has 1 amide bonds. The molecule has 1 saturated heterocycles. The third-order valence-corrected chi connectivity index (χ3v) is 5.71. The maximum atomic E-state index is 12.9. The highest BCUT2D eigenvalue weighted by Crippen LogP contribution is 2.26. The number of H-pyrrole nitrogens is 1. The number of hydrogen-bond donors (Lipinski definition) is 3. The Labute approximate surface area is 185 Å². The number of carbonyl (C=O) groups excluding carboxylic acids is 1. The number of carbonyl (C=O) groups is 1. The van der Waals surface area contributed by atoms with Crippen LogP contribution in [0.4, 0.5) is 17.2 Å². The van der Waals surface area contributed by atoms with E-state index in [4.69, 9.17) is 4.42 Å². The first-order valence-electron chi connectivity index (χ1n) is 10.6. The minimum Gasteiger partial charge on any atom is -0.464 e. The van der Waals surface area contributed by atoms with Gasteiger partial charge in [-0.3, -0.25) is 14.8 Å². The SMILES string of the molecule is CN1CCN(Cc2ccc(NC(=O)c3[nH]ncc3Nc3nccc4occc34)cc2)CC1. The van der Waals surface area contributed by atoms with Crippen molar-refractivity contribution in [2.75, 3.05) is 43.9 Å². The Kier molecular flexibility index (Phi) is 5.57. The van der Waals surface area contributed by atoms with Crippen LogP contribution in [0.1, 0.15) is 16.1 Å². The normalized spacial score (nSPS) is 15.2. The van der Waals surface area contributed by atoms with Gasteiger partial charge in [0.25, 0.3) is 5.91 Å². The fraction of sp³-hybridized carbons (Fsp3) is 0.261. The van der Waals surface area contributed by atoms with Crippen molar-refractivity contribution in [3.63, 3.8) is 0 Å². The highest BCUT2D eigenvalue weighted by molar-refractivity contribution is 6.07. The maximum Gasteiger partial charge on any atom is 0.275 e. The molecule has 3 N–H and O–H groups in total. The number of pyridine rings is 1. The number of nitrogens with one attached hydrogen (secondary N) is 3. The molecule has 0 atom stereocenters. The number of piperazine rings is 1. The zero-order chi connectivity index (χ0) is 21.9. The number of hydrogen-bond acceptors (Lipinski definition) is 7. The fourth-order valence-electron chi connectivity index (χ4n) is 3.83. The molecule has 1 aromatic carbocycles. The molecule has 1 fully saturated rings. The van der Waals surface area contributed by atoms with E-state index in [2.05, 4.69) is 54.8 Å². The molecule has 32 heavy (non-hydrogen) atoms. The van der Waals surface area contributed by atoms with E-state index < -0.39 is 0 Å². The summed E-state index contributed by atoms with van der Waals surface area (Å²) in [6.07, 6.45) is 4.82. The van der Waals surface area contributed by atoms with Crippen molar-refractivity contribution in [3.8, 4) is 0 Å². The Morgan fingerprint density at radius 1 is 1.12 bits per heavy atom. The Morgan fingerprint density at radius 3 is 2.75 bits per heavy atom. The number of rotatable bonds is 6. The van der Waals surface area contributed by atoms with Crippen molar-refractivity contribution in [3.05, 3.63) is 66.3 Å². The van der Waals surface area contributed by atoms with Gasteiger partial charge < -0.3 is 20.0 Å². The first-order chi connectivity index (χ1) is 15.7. The molecule has 4 aromatic rings. The van der Waals surface area contributed by atoms with Gasteiger partial charge >= 0.3 is 0 Å². The highest BCUT2D eigenvalue weighted by Gasteiger charge is 2.17. The second-order valence-corrected chi connectivity index (χ2v) is 8.01. The maximum absolute atomic E-state index is 12.9. The predicted octanol–water partition coefficient (Wildman–Crippen LogP) is 3.29. The third kappa shape index (κ3) is 4.34. The number of fused-ring (bicyclic) bond motifs is 1. The molecule has 3 aromatic heterocycles. The Hall–Kier alpha value is -3.69. The molecule has 9 nitrogen and oxygen atoms in total. The van der Waals surface area contributed by atoms with Gasteiger partial charge in [-0.05, 0) is 36.9 Å². The molecule has 5 rings (SSSR count). The number of furan rings is 1. The Bertz CT molecular complexity index is 1210. The van der Waals surface area contributed by atoms with Crippen molar-refractivity contribution in [2.45, 2.75) is 6.54 Å². The van der Waals surface area contributed by atoms with Gasteiger partial charge in [0.05, 0.1) is 23.5 Å². The van der Waals surface area contributed by atoms with Crippen molar-refractivity contribution in [1.29, 1.82) is 0 Å². The average molecular weight is 432 g/mol. The van der Waals surface area contributed by atoms with Crippen LogP contribution in [0, 0.1) is 0 Å². The lowest BCUT2D eigenvalue weighted by Gasteiger charge is -2.32. The number of aromatic amines is 1. The molecule has 0 unspecified atom stereocenters. The van der Waals surface area contributed by atoms with E-state index in [1.165, 1.54) is 5.56 Å². The van der Waals surface area contributed by atoms with Crippen molar-refractivity contribution < 1.29 is 9.21 Å². The van der Waals surface area contributed by atoms with Gasteiger partial charge in [-0.25, -0.2) is 4.98 Å². The standard InChI is InChI=1S/C23H25N7O2/c1-29-9-11-30(12-10-29)15-16-2-4-17(5-3-16)26-23(31)21-19(14-25-28-21)27-22-18-7-13-32-20(18)6-8-24-22/h2-8,13-14H,9-12,15H2,1H3,(H,24,27)(H,25,28)(H,26,31). The van der Waals surface area contributed by atoms with E-state index in [9.17, 15) is 4.79 Å². The molecule has 0 saturated carbocycles. The first kappa shape index (κ1) is 20.2. The Morgan fingerprint density at radius 2 is 1.94 bits per heavy atom. The third-order valence-electron chi connectivity index (χ3n) is 5.71. The summed E-state index contributed by atoms with van der Waals surface area (Å²) in [5.41, 5.74) is 3.54. The minimum absolute atomic E-state index is 0.281. The van der Waals surface area contributed by atoms with Crippen LogP contribution in [0.2, 0.25) is 0 Å². The largest absolute Gasteiger partial charge is 0.464 e. The number of aromatic nitrogens is 3. The van der Waals surface area contributed by atoms with E-state index in [0.717, 1.165) is 43.8 Å². The van der Waals surface area contributed by atoms with Crippen LogP contribution in [0.25, 0.3) is 11.0 Å². The van der Waals surface area contributed by atoms with Gasteiger partial charge in [0.2, 0.25) is 0 Å². The second-order valence-electron chi connectivity index (χ2n) is 8.01. The van der Waals surface area contributed by atoms with Gasteiger partial charge in [0, 0.05) is 44.6 Å². The number of benzene rings is 1. The zero-order valence-electron chi connectivity index (χ0n) is 17.8. The first-order valence-corrected chi connectivity index (χ1v) is 10.6. The molecule has 164 valence electrons. The van der Waals surface area contributed by atoms with E-state index in [1.54, 1.807) is 24.7 Å². The number of amides is 1. The molecule has 4 heterocycles. The summed E-state index contributed by atoms with van der Waals surface area (Å²) >= 11 is 0. The van der Waals surface area contributed by atoms with Crippen LogP contribution in [0.3, 0.4) is 0 Å². The lowest BCUT2D eigenvalue weighted by molar-refractivity contribution is 0.102. The average Bonchev–Trinajstić information content (AvgIpc) is 3.47. The summed E-state index contributed by atoms with van der Waals surface area (Å²) in [6, 6.07) is 11.6. The van der Waals surface area contributed by atoms with Crippen LogP contribution in [-0.2, 0) is 6.54 Å². The second kappa shape index (κ2) is 8.81. The van der Waals surface area contributed by atoms with Crippen LogP contribution in [-0.4, -0.2) is 64.1 Å². The van der Waals surface area contributed by atoms with Gasteiger partial charge in [-0.2, -0.15) is 5.10 Å². The van der Waals surface area contributed by atoms with Crippen LogP contribution in [0.5, 0.6) is 0 Å². The summed E-state index contributed by atoms with van der Waals surface area (Å²) < 4.78 is 5.41. The number of anilines is 3. The fourth-order valence-corrected chi connectivity index (χ4v) is 3.83. The number of likely N-dealkylation sites (N-methyl/N-ethyl adjacent to an activating group) is 1. The van der Waals surface area contributed by atoms with Crippen LogP contribution in [0.15, 0.2) is 59.5 Å². The number of nitrogens with zero attached hydrogens (tertiary/aromatic N) is 4. The van der Waals surface area contributed by atoms with Gasteiger partial charge in [-0.15, -0.1) is 0 Å². The summed E-state index contributed by atoms with van der Waals surface area (Å²) in [4.78, 5) is 22.0. The van der Waals surface area contributed by atoms with E-state index >= 15 is 0 Å². The molecular weight excluding hydrogens is 406 g/mol. The monoisotopic (exact) mass is 431 g/mol. The predicted molar refractivity (Wildman–Crippen MR) is 123 cm³/mol. The highest BCUT2D eigenvalue weighted by atomic mass is 16.3. The van der Waals surface area contributed by atoms with E-state index in [1.807, 2.05) is 18.2 Å². The summed E-state index contributed by atoms with van der Waals surface area (Å²) in [5, 5.41) is 13.7. The van der Waals surface area contributed by atoms with Crippen molar-refractivity contribution in [2.24, 2.45) is 0 Å². The zero-order valence-corrected chi connectivity index (χ0v) is 17.8. The van der Waals surface area contributed by atoms with Crippen molar-refractivity contribution in [1.82, 2.24) is 25.0 Å². The molecule has 0 spiro atoms. The molecule has 1 aliphatic heterocycles. The summed E-state index contributed by atoms with van der Waals surface area (Å²) in [7, 11) is 2.16. The summed E-state index contributed by atoms with van der Waals surface area (Å²) in [5.74, 6) is 0.316. The molecule has 1 aliphatic rings. The van der Waals surface area contributed by atoms with Crippen molar-refractivity contribution >= 4 is 34.1 Å². The van der Waals surface area contributed by atoms with E-state index in [-0.39, 0.29) is 5.91 Å².